The first-order chi connectivity index (χ1) is 9.24. The fourth-order valence-corrected chi connectivity index (χ4v) is 2.01. The van der Waals surface area contributed by atoms with Crippen LogP contribution in [0.15, 0.2) is 42.7 Å². The second-order valence-corrected chi connectivity index (χ2v) is 4.20. The number of hydrogen-bond acceptors (Lipinski definition) is 3. The summed E-state index contributed by atoms with van der Waals surface area (Å²) in [5.41, 5.74) is 1.86. The highest BCUT2D eigenvalue weighted by atomic mass is 19.1. The molecule has 0 aliphatic heterocycles. The monoisotopic (exact) mass is 260 g/mol. The lowest BCUT2D eigenvalue weighted by atomic mass is 10.00. The molecule has 0 amide bonds. The van der Waals surface area contributed by atoms with Gasteiger partial charge in [0.05, 0.1) is 19.3 Å². The molecule has 19 heavy (non-hydrogen) atoms. The molecule has 100 valence electrons. The Morgan fingerprint density at radius 2 is 1.95 bits per heavy atom. The van der Waals surface area contributed by atoms with Crippen molar-refractivity contribution in [3.05, 3.63) is 59.7 Å². The van der Waals surface area contributed by atoms with Crippen molar-refractivity contribution in [2.45, 2.75) is 13.0 Å². The summed E-state index contributed by atoms with van der Waals surface area (Å²) in [4.78, 5) is 3.91. The van der Waals surface area contributed by atoms with Gasteiger partial charge in [-0.1, -0.05) is 19.1 Å². The molecule has 1 aromatic carbocycles. The molecule has 0 bridgehead atoms. The lowest BCUT2D eigenvalue weighted by molar-refractivity contribution is 0.414. The molecule has 0 aliphatic rings. The molecule has 0 radical (unpaired) electrons. The fraction of sp³-hybridized carbons (Fsp3) is 0.267. The first-order valence-corrected chi connectivity index (χ1v) is 6.22. The van der Waals surface area contributed by atoms with Gasteiger partial charge in [-0.25, -0.2) is 4.39 Å². The van der Waals surface area contributed by atoms with E-state index in [-0.39, 0.29) is 11.9 Å². The van der Waals surface area contributed by atoms with Crippen LogP contribution in [0.5, 0.6) is 5.75 Å². The molecule has 0 saturated carbocycles. The molecule has 0 aliphatic carbocycles. The predicted octanol–water partition coefficient (Wildman–Crippen LogP) is 2.93. The first-order valence-electron chi connectivity index (χ1n) is 6.22. The number of benzene rings is 1. The van der Waals surface area contributed by atoms with E-state index in [0.717, 1.165) is 23.4 Å². The summed E-state index contributed by atoms with van der Waals surface area (Å²) in [6, 6.07) is 9.16. The first kappa shape index (κ1) is 13.5. The molecule has 0 saturated heterocycles. The lowest BCUT2D eigenvalue weighted by Gasteiger charge is -2.18. The summed E-state index contributed by atoms with van der Waals surface area (Å²) in [6.45, 7) is 2.80. The van der Waals surface area contributed by atoms with Crippen molar-refractivity contribution in [3.8, 4) is 5.75 Å². The number of halogens is 1. The van der Waals surface area contributed by atoms with Crippen molar-refractivity contribution in [2.75, 3.05) is 13.7 Å². The van der Waals surface area contributed by atoms with Gasteiger partial charge in [0.25, 0.3) is 0 Å². The minimum absolute atomic E-state index is 0.0703. The van der Waals surface area contributed by atoms with Crippen LogP contribution in [0.3, 0.4) is 0 Å². The summed E-state index contributed by atoms with van der Waals surface area (Å²) in [5.74, 6) is 0.477. The van der Waals surface area contributed by atoms with E-state index >= 15 is 0 Å². The molecule has 1 N–H and O–H groups in total. The number of rotatable bonds is 5. The number of nitrogens with zero attached hydrogens (tertiary/aromatic N) is 1. The van der Waals surface area contributed by atoms with Gasteiger partial charge in [0.2, 0.25) is 0 Å². The maximum Gasteiger partial charge on any atom is 0.141 e. The topological polar surface area (TPSA) is 34.1 Å². The third kappa shape index (κ3) is 3.29. The summed E-state index contributed by atoms with van der Waals surface area (Å²) in [5, 5.41) is 3.33. The Morgan fingerprint density at radius 1 is 1.21 bits per heavy atom. The average molecular weight is 260 g/mol. The highest BCUT2D eigenvalue weighted by molar-refractivity contribution is 5.34. The van der Waals surface area contributed by atoms with Gasteiger partial charge in [0.15, 0.2) is 0 Å². The summed E-state index contributed by atoms with van der Waals surface area (Å²) >= 11 is 0. The van der Waals surface area contributed by atoms with Crippen molar-refractivity contribution >= 4 is 0 Å². The van der Waals surface area contributed by atoms with Crippen LogP contribution in [-0.2, 0) is 0 Å². The molecule has 3 nitrogen and oxygen atoms in total. The van der Waals surface area contributed by atoms with Crippen molar-refractivity contribution in [1.29, 1.82) is 0 Å². The Balaban J connectivity index is 2.33. The van der Waals surface area contributed by atoms with Crippen LogP contribution in [0.4, 0.5) is 4.39 Å². The van der Waals surface area contributed by atoms with Crippen LogP contribution in [0.25, 0.3) is 0 Å². The van der Waals surface area contributed by atoms with Crippen molar-refractivity contribution in [3.63, 3.8) is 0 Å². The highest BCUT2D eigenvalue weighted by Gasteiger charge is 2.14. The van der Waals surface area contributed by atoms with E-state index in [9.17, 15) is 4.39 Å². The lowest BCUT2D eigenvalue weighted by Crippen LogP contribution is -2.22. The van der Waals surface area contributed by atoms with E-state index in [0.29, 0.717) is 0 Å². The van der Waals surface area contributed by atoms with Crippen molar-refractivity contribution in [2.24, 2.45) is 0 Å². The molecule has 2 rings (SSSR count). The zero-order valence-corrected chi connectivity index (χ0v) is 11.1. The van der Waals surface area contributed by atoms with E-state index < -0.39 is 0 Å². The van der Waals surface area contributed by atoms with E-state index in [1.54, 1.807) is 13.3 Å². The molecule has 1 heterocycles. The van der Waals surface area contributed by atoms with E-state index in [1.807, 2.05) is 31.2 Å². The number of aromatic nitrogens is 1. The number of pyridine rings is 1. The maximum absolute atomic E-state index is 13.3. The van der Waals surface area contributed by atoms with E-state index in [2.05, 4.69) is 10.3 Å². The molecule has 2 aromatic rings. The van der Waals surface area contributed by atoms with Crippen LogP contribution in [-0.4, -0.2) is 18.6 Å². The van der Waals surface area contributed by atoms with E-state index in [1.165, 1.54) is 12.3 Å². The van der Waals surface area contributed by atoms with Crippen LogP contribution in [0.2, 0.25) is 0 Å². The second kappa shape index (κ2) is 6.29. The van der Waals surface area contributed by atoms with E-state index in [4.69, 9.17) is 4.74 Å². The third-order valence-corrected chi connectivity index (χ3v) is 2.92. The Hall–Kier alpha value is -1.94. The van der Waals surface area contributed by atoms with Crippen molar-refractivity contribution < 1.29 is 9.13 Å². The number of methoxy groups -OCH3 is 1. The Morgan fingerprint density at radius 3 is 2.53 bits per heavy atom. The molecule has 1 unspecified atom stereocenters. The third-order valence-electron chi connectivity index (χ3n) is 2.92. The standard InChI is InChI=1S/C15H17FN2O/c1-3-18-15(12-8-13(16)10-17-9-12)11-4-6-14(19-2)7-5-11/h4-10,15,18H,3H2,1-2H3. The predicted molar refractivity (Wildman–Crippen MR) is 72.7 cm³/mol. The fourth-order valence-electron chi connectivity index (χ4n) is 2.01. The minimum Gasteiger partial charge on any atom is -0.497 e. The normalized spacial score (nSPS) is 12.2. The summed E-state index contributed by atoms with van der Waals surface area (Å²) in [7, 11) is 1.63. The molecule has 1 atom stereocenters. The van der Waals surface area contributed by atoms with Gasteiger partial charge in [-0.05, 0) is 35.9 Å². The summed E-state index contributed by atoms with van der Waals surface area (Å²) < 4.78 is 18.4. The van der Waals surface area contributed by atoms with Gasteiger partial charge in [-0.15, -0.1) is 0 Å². The SMILES string of the molecule is CCNC(c1ccc(OC)cc1)c1cncc(F)c1. The molecule has 4 heteroatoms. The number of ether oxygens (including phenoxy) is 1. The minimum atomic E-state index is -0.325. The van der Waals surface area contributed by atoms with Gasteiger partial charge in [-0.2, -0.15) is 0 Å². The summed E-state index contributed by atoms with van der Waals surface area (Å²) in [6.07, 6.45) is 2.89. The van der Waals surface area contributed by atoms with Crippen LogP contribution >= 0.6 is 0 Å². The van der Waals surface area contributed by atoms with Gasteiger partial charge in [0.1, 0.15) is 11.6 Å². The Bertz CT molecular complexity index is 528. The molecular formula is C15H17FN2O. The zero-order valence-electron chi connectivity index (χ0n) is 11.1. The average Bonchev–Trinajstić information content (AvgIpc) is 2.45. The Labute approximate surface area is 112 Å². The largest absolute Gasteiger partial charge is 0.497 e. The van der Waals surface area contributed by atoms with Gasteiger partial charge in [-0.3, -0.25) is 4.98 Å². The van der Waals surface area contributed by atoms with Crippen molar-refractivity contribution in [1.82, 2.24) is 10.3 Å². The molecule has 0 fully saturated rings. The van der Waals surface area contributed by atoms with Gasteiger partial charge in [0, 0.05) is 6.20 Å². The molecular weight excluding hydrogens is 243 g/mol. The smallest absolute Gasteiger partial charge is 0.141 e. The number of nitrogens with one attached hydrogen (secondary N) is 1. The van der Waals surface area contributed by atoms with Crippen LogP contribution in [0, 0.1) is 5.82 Å². The van der Waals surface area contributed by atoms with Crippen LogP contribution in [0.1, 0.15) is 24.1 Å². The van der Waals surface area contributed by atoms with Gasteiger partial charge < -0.3 is 10.1 Å². The molecule has 1 aromatic heterocycles. The van der Waals surface area contributed by atoms with Gasteiger partial charge >= 0.3 is 0 Å². The maximum atomic E-state index is 13.3. The van der Waals surface area contributed by atoms with Crippen LogP contribution < -0.4 is 10.1 Å². The highest BCUT2D eigenvalue weighted by Crippen LogP contribution is 2.24. The number of hydrogen-bond donors (Lipinski definition) is 1. The molecule has 0 spiro atoms. The zero-order chi connectivity index (χ0) is 13.7. The Kier molecular flexibility index (Phi) is 4.47. The second-order valence-electron chi connectivity index (χ2n) is 4.20. The quantitative estimate of drug-likeness (QED) is 0.897.